The van der Waals surface area contributed by atoms with E-state index < -0.39 is 11.7 Å². The van der Waals surface area contributed by atoms with Gasteiger partial charge in [0.2, 0.25) is 0 Å². The fourth-order valence-corrected chi connectivity index (χ4v) is 3.88. The fraction of sp³-hybridized carbons (Fsp3) is 0.273. The van der Waals surface area contributed by atoms with E-state index in [9.17, 15) is 18.0 Å². The monoisotopic (exact) mass is 418 g/mol. The van der Waals surface area contributed by atoms with Gasteiger partial charge in [0.05, 0.1) is 5.56 Å². The van der Waals surface area contributed by atoms with Gasteiger partial charge in [-0.25, -0.2) is 4.98 Å². The van der Waals surface area contributed by atoms with Gasteiger partial charge in [0.15, 0.2) is 5.16 Å². The first-order chi connectivity index (χ1) is 13.6. The highest BCUT2D eigenvalue weighted by Crippen LogP contribution is 2.30. The van der Waals surface area contributed by atoms with Crippen molar-refractivity contribution in [3.05, 3.63) is 92.4 Å². The van der Waals surface area contributed by atoms with Crippen LogP contribution in [0.2, 0.25) is 0 Å². The molecular weight excluding hydrogens is 397 g/mol. The number of thioether (sulfide) groups is 1. The lowest BCUT2D eigenvalue weighted by Gasteiger charge is -2.12. The predicted molar refractivity (Wildman–Crippen MR) is 109 cm³/mol. The minimum Gasteiger partial charge on any atom is -0.291 e. The number of hydrogen-bond acceptors (Lipinski definition) is 3. The van der Waals surface area contributed by atoms with Gasteiger partial charge in [-0.3, -0.25) is 9.36 Å². The Balaban J connectivity index is 1.77. The summed E-state index contributed by atoms with van der Waals surface area (Å²) in [4.78, 5) is 17.4. The van der Waals surface area contributed by atoms with E-state index in [4.69, 9.17) is 0 Å². The van der Waals surface area contributed by atoms with Crippen LogP contribution in [0, 0.1) is 13.8 Å². The zero-order chi connectivity index (χ0) is 21.2. The molecule has 0 fully saturated rings. The zero-order valence-corrected chi connectivity index (χ0v) is 17.2. The van der Waals surface area contributed by atoms with Crippen molar-refractivity contribution < 1.29 is 13.2 Å². The van der Waals surface area contributed by atoms with Gasteiger partial charge in [0.1, 0.15) is 0 Å². The van der Waals surface area contributed by atoms with E-state index >= 15 is 0 Å². The second-order valence-electron chi connectivity index (χ2n) is 6.97. The molecule has 0 atom stereocenters. The highest BCUT2D eigenvalue weighted by molar-refractivity contribution is 7.98. The molecule has 0 amide bonds. The average Bonchev–Trinajstić information content (AvgIpc) is 2.68. The number of benzene rings is 2. The Bertz CT molecular complexity index is 1060. The van der Waals surface area contributed by atoms with E-state index in [1.165, 1.54) is 28.5 Å². The topological polar surface area (TPSA) is 34.9 Å². The third-order valence-corrected chi connectivity index (χ3v) is 5.80. The lowest BCUT2D eigenvalue weighted by molar-refractivity contribution is -0.137. The van der Waals surface area contributed by atoms with Crippen LogP contribution < -0.4 is 5.56 Å². The molecule has 2 aromatic carbocycles. The van der Waals surface area contributed by atoms with E-state index in [-0.39, 0.29) is 5.56 Å². The van der Waals surface area contributed by atoms with E-state index in [0.717, 1.165) is 28.8 Å². The van der Waals surface area contributed by atoms with Gasteiger partial charge in [-0.15, -0.1) is 0 Å². The molecular formula is C22H21F3N2OS. The van der Waals surface area contributed by atoms with Crippen LogP contribution >= 0.6 is 11.8 Å². The van der Waals surface area contributed by atoms with Crippen LogP contribution in [0.3, 0.4) is 0 Å². The Kier molecular flexibility index (Phi) is 6.17. The van der Waals surface area contributed by atoms with Gasteiger partial charge in [-0.05, 0) is 37.1 Å². The molecule has 7 heteroatoms. The molecule has 1 aromatic heterocycles. The molecule has 3 aromatic rings. The quantitative estimate of drug-likeness (QED) is 0.417. The average molecular weight is 418 g/mol. The standard InChI is InChI=1S/C22H21F3N2OS/c1-14-4-6-16(7-5-14)12-19-15(2)26-21(27(3)20(19)28)29-13-17-8-10-18(11-9-17)22(23,24)25/h4-11H,12-13H2,1-3H3. The molecule has 0 unspecified atom stereocenters. The van der Waals surface area contributed by atoms with Crippen LogP contribution in [0.1, 0.15) is 33.5 Å². The van der Waals surface area contributed by atoms with E-state index in [1.54, 1.807) is 7.05 Å². The maximum Gasteiger partial charge on any atom is 0.416 e. The first-order valence-electron chi connectivity index (χ1n) is 9.06. The lowest BCUT2D eigenvalue weighted by Crippen LogP contribution is -2.25. The first-order valence-corrected chi connectivity index (χ1v) is 10.0. The summed E-state index contributed by atoms with van der Waals surface area (Å²) in [5.41, 5.74) is 3.48. The van der Waals surface area contributed by atoms with Gasteiger partial charge in [0.25, 0.3) is 5.56 Å². The van der Waals surface area contributed by atoms with Gasteiger partial charge >= 0.3 is 6.18 Å². The molecule has 0 bridgehead atoms. The number of hydrogen-bond donors (Lipinski definition) is 0. The zero-order valence-electron chi connectivity index (χ0n) is 16.4. The second-order valence-corrected chi connectivity index (χ2v) is 7.91. The number of halogens is 3. The Labute approximate surface area is 171 Å². The van der Waals surface area contributed by atoms with Crippen molar-refractivity contribution in [1.29, 1.82) is 0 Å². The van der Waals surface area contributed by atoms with Crippen LogP contribution in [0.4, 0.5) is 13.2 Å². The van der Waals surface area contributed by atoms with Crippen molar-refractivity contribution in [2.24, 2.45) is 7.05 Å². The van der Waals surface area contributed by atoms with E-state index in [2.05, 4.69) is 4.98 Å². The Morgan fingerprint density at radius 2 is 1.55 bits per heavy atom. The van der Waals surface area contributed by atoms with E-state index in [1.807, 2.05) is 38.1 Å². The number of nitrogens with zero attached hydrogens (tertiary/aromatic N) is 2. The normalized spacial score (nSPS) is 11.7. The van der Waals surface area contributed by atoms with Crippen molar-refractivity contribution in [1.82, 2.24) is 9.55 Å². The van der Waals surface area contributed by atoms with Crippen LogP contribution in [0.5, 0.6) is 0 Å². The molecule has 0 spiro atoms. The molecule has 0 N–H and O–H groups in total. The molecule has 0 saturated heterocycles. The molecule has 1 heterocycles. The Morgan fingerprint density at radius 1 is 0.966 bits per heavy atom. The van der Waals surface area contributed by atoms with Crippen LogP contribution in [0.25, 0.3) is 0 Å². The van der Waals surface area contributed by atoms with Crippen LogP contribution in [-0.2, 0) is 25.4 Å². The summed E-state index contributed by atoms with van der Waals surface area (Å²) in [6.07, 6.45) is -3.84. The summed E-state index contributed by atoms with van der Waals surface area (Å²) in [7, 11) is 1.67. The number of aryl methyl sites for hydroxylation is 2. The van der Waals surface area contributed by atoms with Crippen molar-refractivity contribution in [3.63, 3.8) is 0 Å². The molecule has 0 aliphatic heterocycles. The SMILES string of the molecule is Cc1ccc(Cc2c(C)nc(SCc3ccc(C(F)(F)F)cc3)n(C)c2=O)cc1. The Hall–Kier alpha value is -2.54. The van der Waals surface area contributed by atoms with Gasteiger partial charge < -0.3 is 0 Å². The molecule has 0 saturated carbocycles. The molecule has 0 aliphatic rings. The van der Waals surface area contributed by atoms with E-state index in [0.29, 0.717) is 28.6 Å². The minimum absolute atomic E-state index is 0.104. The smallest absolute Gasteiger partial charge is 0.291 e. The summed E-state index contributed by atoms with van der Waals surface area (Å²) in [5, 5.41) is 0.542. The third kappa shape index (κ3) is 5.09. The largest absolute Gasteiger partial charge is 0.416 e. The fourth-order valence-electron chi connectivity index (χ4n) is 2.91. The van der Waals surface area contributed by atoms with Crippen molar-refractivity contribution >= 4 is 11.8 Å². The number of aromatic nitrogens is 2. The number of alkyl halides is 3. The van der Waals surface area contributed by atoms with Gasteiger partial charge in [-0.1, -0.05) is 53.7 Å². The summed E-state index contributed by atoms with van der Waals surface area (Å²) in [5.74, 6) is 0.426. The molecule has 3 rings (SSSR count). The third-order valence-electron chi connectivity index (χ3n) is 4.70. The van der Waals surface area contributed by atoms with Crippen LogP contribution in [0.15, 0.2) is 58.5 Å². The molecule has 152 valence electrons. The highest BCUT2D eigenvalue weighted by Gasteiger charge is 2.29. The second kappa shape index (κ2) is 8.45. The summed E-state index contributed by atoms with van der Waals surface area (Å²) in [6, 6.07) is 13.1. The van der Waals surface area contributed by atoms with Crippen molar-refractivity contribution in [2.75, 3.05) is 0 Å². The molecule has 3 nitrogen and oxygen atoms in total. The summed E-state index contributed by atoms with van der Waals surface area (Å²) >= 11 is 1.33. The summed E-state index contributed by atoms with van der Waals surface area (Å²) < 4.78 is 39.5. The van der Waals surface area contributed by atoms with Gasteiger partial charge in [0, 0.05) is 30.5 Å². The Morgan fingerprint density at radius 3 is 2.14 bits per heavy atom. The molecule has 0 radical (unpaired) electrons. The van der Waals surface area contributed by atoms with Crippen molar-refractivity contribution in [2.45, 2.75) is 37.4 Å². The number of rotatable bonds is 5. The lowest BCUT2D eigenvalue weighted by atomic mass is 10.0. The van der Waals surface area contributed by atoms with Crippen molar-refractivity contribution in [3.8, 4) is 0 Å². The maximum absolute atomic E-state index is 12.8. The highest BCUT2D eigenvalue weighted by atomic mass is 32.2. The predicted octanol–water partition coefficient (Wildman–Crippen LogP) is 5.30. The molecule has 29 heavy (non-hydrogen) atoms. The maximum atomic E-state index is 12.8. The summed E-state index contributed by atoms with van der Waals surface area (Å²) in [6.45, 7) is 3.82. The molecule has 0 aliphatic carbocycles. The minimum atomic E-state index is -4.35. The first kappa shape index (κ1) is 21.2. The van der Waals surface area contributed by atoms with Gasteiger partial charge in [-0.2, -0.15) is 13.2 Å². The van der Waals surface area contributed by atoms with Crippen LogP contribution in [-0.4, -0.2) is 9.55 Å².